The highest BCUT2D eigenvalue weighted by molar-refractivity contribution is 5.94. The Hall–Kier alpha value is -2.83. The molecule has 1 amide bonds. The summed E-state index contributed by atoms with van der Waals surface area (Å²) >= 11 is 0. The van der Waals surface area contributed by atoms with Crippen LogP contribution in [0.3, 0.4) is 0 Å². The SMILES string of the molecule is CN=C(NCCCn1cccn1)NCCNC(=O)c1ccccc1. The van der Waals surface area contributed by atoms with Gasteiger partial charge in [0, 0.05) is 51.2 Å². The Morgan fingerprint density at radius 1 is 1.08 bits per heavy atom. The van der Waals surface area contributed by atoms with E-state index in [0.29, 0.717) is 18.7 Å². The molecule has 1 aromatic heterocycles. The molecule has 0 atom stereocenters. The van der Waals surface area contributed by atoms with E-state index in [0.717, 1.165) is 25.5 Å². The van der Waals surface area contributed by atoms with Crippen molar-refractivity contribution in [3.63, 3.8) is 0 Å². The molecule has 0 bridgehead atoms. The third-order valence-corrected chi connectivity index (χ3v) is 3.38. The monoisotopic (exact) mass is 328 g/mol. The van der Waals surface area contributed by atoms with Gasteiger partial charge in [-0.15, -0.1) is 0 Å². The number of nitrogens with one attached hydrogen (secondary N) is 3. The summed E-state index contributed by atoms with van der Waals surface area (Å²) in [6, 6.07) is 11.1. The normalized spacial score (nSPS) is 11.1. The number of hydrogen-bond donors (Lipinski definition) is 3. The number of benzene rings is 1. The molecule has 3 N–H and O–H groups in total. The van der Waals surface area contributed by atoms with Crippen molar-refractivity contribution in [1.82, 2.24) is 25.7 Å². The molecule has 0 radical (unpaired) electrons. The Labute approximate surface area is 142 Å². The van der Waals surface area contributed by atoms with Crippen LogP contribution in [0.2, 0.25) is 0 Å². The van der Waals surface area contributed by atoms with E-state index in [-0.39, 0.29) is 5.91 Å². The molecular formula is C17H24N6O. The van der Waals surface area contributed by atoms with Gasteiger partial charge in [0.25, 0.3) is 5.91 Å². The van der Waals surface area contributed by atoms with Gasteiger partial charge in [0.1, 0.15) is 0 Å². The summed E-state index contributed by atoms with van der Waals surface area (Å²) in [4.78, 5) is 16.0. The summed E-state index contributed by atoms with van der Waals surface area (Å²) in [6.45, 7) is 2.80. The fourth-order valence-electron chi connectivity index (χ4n) is 2.15. The zero-order chi connectivity index (χ0) is 17.0. The van der Waals surface area contributed by atoms with Gasteiger partial charge in [0.15, 0.2) is 5.96 Å². The first-order chi connectivity index (χ1) is 11.8. The molecule has 24 heavy (non-hydrogen) atoms. The fourth-order valence-corrected chi connectivity index (χ4v) is 2.15. The molecule has 7 heteroatoms. The average molecular weight is 328 g/mol. The van der Waals surface area contributed by atoms with Crippen LogP contribution in [0.15, 0.2) is 53.8 Å². The average Bonchev–Trinajstić information content (AvgIpc) is 3.14. The Bertz CT molecular complexity index is 624. The third-order valence-electron chi connectivity index (χ3n) is 3.38. The fraction of sp³-hybridized carbons (Fsp3) is 0.353. The lowest BCUT2D eigenvalue weighted by atomic mass is 10.2. The maximum Gasteiger partial charge on any atom is 0.251 e. The van der Waals surface area contributed by atoms with Crippen LogP contribution < -0.4 is 16.0 Å². The van der Waals surface area contributed by atoms with E-state index in [1.807, 2.05) is 35.1 Å². The second-order valence-corrected chi connectivity index (χ2v) is 5.17. The molecule has 0 aliphatic rings. The largest absolute Gasteiger partial charge is 0.356 e. The highest BCUT2D eigenvalue weighted by atomic mass is 16.1. The molecule has 0 saturated heterocycles. The summed E-state index contributed by atoms with van der Waals surface area (Å²) in [5.74, 6) is 0.656. The zero-order valence-electron chi connectivity index (χ0n) is 13.9. The van der Waals surface area contributed by atoms with Gasteiger partial charge in [-0.3, -0.25) is 14.5 Å². The summed E-state index contributed by atoms with van der Waals surface area (Å²) in [5.41, 5.74) is 0.665. The first-order valence-corrected chi connectivity index (χ1v) is 8.05. The van der Waals surface area contributed by atoms with Gasteiger partial charge in [-0.1, -0.05) is 18.2 Å². The Balaban J connectivity index is 1.57. The number of aromatic nitrogens is 2. The number of amides is 1. The van der Waals surface area contributed by atoms with Crippen LogP contribution in [0, 0.1) is 0 Å². The van der Waals surface area contributed by atoms with Crippen molar-refractivity contribution in [3.8, 4) is 0 Å². The molecule has 0 aliphatic heterocycles. The van der Waals surface area contributed by atoms with Gasteiger partial charge < -0.3 is 16.0 Å². The van der Waals surface area contributed by atoms with Crippen LogP contribution in [0.25, 0.3) is 0 Å². The molecule has 1 heterocycles. The van der Waals surface area contributed by atoms with E-state index in [4.69, 9.17) is 0 Å². The molecule has 7 nitrogen and oxygen atoms in total. The van der Waals surface area contributed by atoms with Gasteiger partial charge in [-0.05, 0) is 24.6 Å². The van der Waals surface area contributed by atoms with Crippen molar-refractivity contribution in [2.24, 2.45) is 4.99 Å². The van der Waals surface area contributed by atoms with Crippen LogP contribution in [-0.2, 0) is 6.54 Å². The quantitative estimate of drug-likeness (QED) is 0.381. The van der Waals surface area contributed by atoms with E-state index in [1.54, 1.807) is 25.4 Å². The summed E-state index contributed by atoms with van der Waals surface area (Å²) < 4.78 is 1.90. The molecule has 0 fully saturated rings. The second-order valence-electron chi connectivity index (χ2n) is 5.17. The van der Waals surface area contributed by atoms with Gasteiger partial charge in [-0.25, -0.2) is 0 Å². The van der Waals surface area contributed by atoms with Crippen LogP contribution in [0.5, 0.6) is 0 Å². The first kappa shape index (κ1) is 17.5. The summed E-state index contributed by atoms with van der Waals surface area (Å²) in [5, 5.41) is 13.4. The molecule has 2 aromatic rings. The Kier molecular flexibility index (Phi) is 7.33. The van der Waals surface area contributed by atoms with Crippen molar-refractivity contribution < 1.29 is 4.79 Å². The van der Waals surface area contributed by atoms with Crippen molar-refractivity contribution in [3.05, 3.63) is 54.4 Å². The second kappa shape index (κ2) is 10.0. The maximum atomic E-state index is 11.9. The van der Waals surface area contributed by atoms with Crippen LogP contribution in [-0.4, -0.2) is 48.3 Å². The highest BCUT2D eigenvalue weighted by Gasteiger charge is 2.03. The highest BCUT2D eigenvalue weighted by Crippen LogP contribution is 1.97. The minimum atomic E-state index is -0.0698. The number of aliphatic imine (C=N–C) groups is 1. The van der Waals surface area contributed by atoms with Crippen molar-refractivity contribution in [1.29, 1.82) is 0 Å². The van der Waals surface area contributed by atoms with E-state index in [9.17, 15) is 4.79 Å². The van der Waals surface area contributed by atoms with Crippen LogP contribution in [0.4, 0.5) is 0 Å². The first-order valence-electron chi connectivity index (χ1n) is 8.05. The summed E-state index contributed by atoms with van der Waals surface area (Å²) in [6.07, 6.45) is 4.67. The van der Waals surface area contributed by atoms with Crippen LogP contribution in [0.1, 0.15) is 16.8 Å². The predicted octanol–water partition coefficient (Wildman–Crippen LogP) is 0.868. The zero-order valence-corrected chi connectivity index (χ0v) is 13.9. The van der Waals surface area contributed by atoms with Crippen LogP contribution >= 0.6 is 0 Å². The lowest BCUT2D eigenvalue weighted by Crippen LogP contribution is -2.42. The van der Waals surface area contributed by atoms with E-state index in [2.05, 4.69) is 26.0 Å². The number of guanidine groups is 1. The third kappa shape index (κ3) is 6.12. The van der Waals surface area contributed by atoms with E-state index in [1.165, 1.54) is 0 Å². The van der Waals surface area contributed by atoms with E-state index >= 15 is 0 Å². The molecule has 1 aromatic carbocycles. The number of hydrogen-bond acceptors (Lipinski definition) is 3. The molecule has 128 valence electrons. The molecular weight excluding hydrogens is 304 g/mol. The minimum Gasteiger partial charge on any atom is -0.356 e. The van der Waals surface area contributed by atoms with Crippen molar-refractivity contribution in [2.75, 3.05) is 26.7 Å². The standard InChI is InChI=1S/C17H24N6O/c1-18-17(20-9-5-13-23-14-6-10-22-23)21-12-11-19-16(24)15-7-3-2-4-8-15/h2-4,6-8,10,14H,5,9,11-13H2,1H3,(H,19,24)(H2,18,20,21). The molecule has 0 unspecified atom stereocenters. The predicted molar refractivity (Wildman–Crippen MR) is 95.0 cm³/mol. The maximum absolute atomic E-state index is 11.9. The Morgan fingerprint density at radius 2 is 1.83 bits per heavy atom. The Morgan fingerprint density at radius 3 is 2.54 bits per heavy atom. The molecule has 0 spiro atoms. The number of rotatable bonds is 8. The molecule has 0 saturated carbocycles. The van der Waals surface area contributed by atoms with Gasteiger partial charge in [-0.2, -0.15) is 5.10 Å². The molecule has 0 aliphatic carbocycles. The topological polar surface area (TPSA) is 83.3 Å². The number of carbonyl (C=O) groups is 1. The minimum absolute atomic E-state index is 0.0698. The van der Waals surface area contributed by atoms with Gasteiger partial charge >= 0.3 is 0 Å². The number of carbonyl (C=O) groups excluding carboxylic acids is 1. The van der Waals surface area contributed by atoms with Crippen molar-refractivity contribution in [2.45, 2.75) is 13.0 Å². The van der Waals surface area contributed by atoms with Gasteiger partial charge in [0.05, 0.1) is 0 Å². The molecule has 2 rings (SSSR count). The summed E-state index contributed by atoms with van der Waals surface area (Å²) in [7, 11) is 1.73. The van der Waals surface area contributed by atoms with E-state index < -0.39 is 0 Å². The smallest absolute Gasteiger partial charge is 0.251 e. The number of aryl methyl sites for hydroxylation is 1. The number of nitrogens with zero attached hydrogens (tertiary/aromatic N) is 3. The lowest BCUT2D eigenvalue weighted by molar-refractivity contribution is 0.0954. The van der Waals surface area contributed by atoms with Crippen molar-refractivity contribution >= 4 is 11.9 Å². The lowest BCUT2D eigenvalue weighted by Gasteiger charge is -2.12. The van der Waals surface area contributed by atoms with Gasteiger partial charge in [0.2, 0.25) is 0 Å².